The monoisotopic (exact) mass is 285 g/mol. The summed E-state index contributed by atoms with van der Waals surface area (Å²) in [5, 5.41) is 7.89. The van der Waals surface area contributed by atoms with E-state index in [1.165, 1.54) is 18.4 Å². The number of hydrogen-bond donors (Lipinski definition) is 1. The summed E-state index contributed by atoms with van der Waals surface area (Å²) < 4.78 is 1.86. The van der Waals surface area contributed by atoms with E-state index in [9.17, 15) is 0 Å². The lowest BCUT2D eigenvalue weighted by atomic mass is 10.1. The number of rotatable bonds is 4. The molecule has 0 aromatic carbocycles. The minimum atomic E-state index is 0.220. The number of pyridine rings is 1. The van der Waals surface area contributed by atoms with Gasteiger partial charge in [-0.15, -0.1) is 0 Å². The zero-order valence-corrected chi connectivity index (χ0v) is 13.0. The predicted octanol–water partition coefficient (Wildman–Crippen LogP) is 2.90. The van der Waals surface area contributed by atoms with Crippen molar-refractivity contribution in [1.29, 1.82) is 0 Å². The molecule has 2 aromatic rings. The van der Waals surface area contributed by atoms with E-state index in [0.29, 0.717) is 0 Å². The van der Waals surface area contributed by atoms with Gasteiger partial charge in [0, 0.05) is 31.9 Å². The Hall–Kier alpha value is -2.04. The van der Waals surface area contributed by atoms with E-state index in [1.807, 2.05) is 24.9 Å². The van der Waals surface area contributed by atoms with Gasteiger partial charge in [-0.05, 0) is 38.8 Å². The summed E-state index contributed by atoms with van der Waals surface area (Å²) in [7, 11) is 1.95. The van der Waals surface area contributed by atoms with Crippen LogP contribution < -0.4 is 10.2 Å². The van der Waals surface area contributed by atoms with Crippen LogP contribution in [0, 0.1) is 6.92 Å². The fourth-order valence-corrected chi connectivity index (χ4v) is 2.98. The number of hydrogen-bond acceptors (Lipinski definition) is 4. The van der Waals surface area contributed by atoms with Gasteiger partial charge in [0.25, 0.3) is 0 Å². The molecular weight excluding hydrogens is 262 g/mol. The van der Waals surface area contributed by atoms with E-state index in [-0.39, 0.29) is 6.04 Å². The SMILES string of the molecule is Cc1nn(C)cc1C(C)Nc1ccc(N2CCCC2)nc1. The van der Waals surface area contributed by atoms with Crippen LogP contribution in [0.5, 0.6) is 0 Å². The molecule has 0 aliphatic carbocycles. The Bertz CT molecular complexity index is 596. The molecule has 3 heterocycles. The third kappa shape index (κ3) is 3.01. The maximum Gasteiger partial charge on any atom is 0.128 e. The molecule has 112 valence electrons. The summed E-state index contributed by atoms with van der Waals surface area (Å²) in [4.78, 5) is 6.92. The summed E-state index contributed by atoms with van der Waals surface area (Å²) in [6.07, 6.45) is 6.55. The first kappa shape index (κ1) is 13.9. The van der Waals surface area contributed by atoms with Crippen molar-refractivity contribution in [2.45, 2.75) is 32.7 Å². The molecule has 0 bridgehead atoms. The second-order valence-electron chi connectivity index (χ2n) is 5.81. The Labute approximate surface area is 126 Å². The molecule has 21 heavy (non-hydrogen) atoms. The number of anilines is 2. The van der Waals surface area contributed by atoms with Gasteiger partial charge in [-0.25, -0.2) is 4.98 Å². The zero-order chi connectivity index (χ0) is 14.8. The van der Waals surface area contributed by atoms with Crippen LogP contribution in [0.2, 0.25) is 0 Å². The van der Waals surface area contributed by atoms with Gasteiger partial charge in [0.2, 0.25) is 0 Å². The quantitative estimate of drug-likeness (QED) is 0.938. The Morgan fingerprint density at radius 3 is 2.57 bits per heavy atom. The molecule has 0 amide bonds. The number of aromatic nitrogens is 3. The Morgan fingerprint density at radius 2 is 2.00 bits per heavy atom. The summed E-state index contributed by atoms with van der Waals surface area (Å²) >= 11 is 0. The van der Waals surface area contributed by atoms with Crippen LogP contribution in [0.4, 0.5) is 11.5 Å². The maximum absolute atomic E-state index is 4.58. The highest BCUT2D eigenvalue weighted by Crippen LogP contribution is 2.23. The Balaban J connectivity index is 1.68. The number of nitrogens with zero attached hydrogens (tertiary/aromatic N) is 4. The van der Waals surface area contributed by atoms with Crippen LogP contribution in [0.25, 0.3) is 0 Å². The van der Waals surface area contributed by atoms with Crippen LogP contribution in [0.3, 0.4) is 0 Å². The molecule has 3 rings (SSSR count). The molecule has 2 aromatic heterocycles. The molecule has 0 saturated carbocycles. The third-order valence-corrected chi connectivity index (χ3v) is 4.08. The summed E-state index contributed by atoms with van der Waals surface area (Å²) in [6.45, 7) is 6.46. The molecule has 5 nitrogen and oxygen atoms in total. The van der Waals surface area contributed by atoms with Crippen molar-refractivity contribution < 1.29 is 0 Å². The smallest absolute Gasteiger partial charge is 0.128 e. The van der Waals surface area contributed by atoms with Crippen molar-refractivity contribution in [2.75, 3.05) is 23.3 Å². The lowest BCUT2D eigenvalue weighted by Crippen LogP contribution is -2.18. The summed E-state index contributed by atoms with van der Waals surface area (Å²) in [6, 6.07) is 4.44. The van der Waals surface area contributed by atoms with Crippen molar-refractivity contribution in [3.63, 3.8) is 0 Å². The molecule has 1 fully saturated rings. The normalized spacial score (nSPS) is 16.2. The van der Waals surface area contributed by atoms with Gasteiger partial charge in [0.1, 0.15) is 5.82 Å². The summed E-state index contributed by atoms with van der Waals surface area (Å²) in [5.41, 5.74) is 3.34. The van der Waals surface area contributed by atoms with Crippen molar-refractivity contribution in [3.05, 3.63) is 35.8 Å². The second-order valence-corrected chi connectivity index (χ2v) is 5.81. The predicted molar refractivity (Wildman–Crippen MR) is 85.7 cm³/mol. The van der Waals surface area contributed by atoms with E-state index in [2.05, 4.69) is 45.6 Å². The molecule has 1 N–H and O–H groups in total. The molecule has 5 heteroatoms. The van der Waals surface area contributed by atoms with E-state index in [0.717, 1.165) is 30.3 Å². The van der Waals surface area contributed by atoms with Crippen molar-refractivity contribution >= 4 is 11.5 Å². The lowest BCUT2D eigenvalue weighted by molar-refractivity contribution is 0.756. The van der Waals surface area contributed by atoms with Gasteiger partial charge in [0.05, 0.1) is 23.6 Å². The first-order valence-corrected chi connectivity index (χ1v) is 7.61. The van der Waals surface area contributed by atoms with Gasteiger partial charge in [-0.3, -0.25) is 4.68 Å². The average Bonchev–Trinajstić information content (AvgIpc) is 3.09. The maximum atomic E-state index is 4.58. The Morgan fingerprint density at radius 1 is 1.24 bits per heavy atom. The Kier molecular flexibility index (Phi) is 3.82. The summed E-state index contributed by atoms with van der Waals surface area (Å²) in [5.74, 6) is 1.09. The van der Waals surface area contributed by atoms with Crippen LogP contribution in [0.15, 0.2) is 24.5 Å². The standard InChI is InChI=1S/C16H23N5/c1-12(15-11-20(3)19-13(15)2)18-14-6-7-16(17-10-14)21-8-4-5-9-21/h6-7,10-12,18H,4-5,8-9H2,1-3H3. The zero-order valence-electron chi connectivity index (χ0n) is 13.0. The van der Waals surface area contributed by atoms with E-state index in [4.69, 9.17) is 0 Å². The van der Waals surface area contributed by atoms with Crippen LogP contribution in [-0.2, 0) is 7.05 Å². The third-order valence-electron chi connectivity index (χ3n) is 4.08. The molecule has 1 unspecified atom stereocenters. The van der Waals surface area contributed by atoms with Gasteiger partial charge in [0.15, 0.2) is 0 Å². The topological polar surface area (TPSA) is 46.0 Å². The van der Waals surface area contributed by atoms with Crippen LogP contribution in [0.1, 0.15) is 37.1 Å². The minimum Gasteiger partial charge on any atom is -0.377 e. The molecule has 1 atom stereocenters. The van der Waals surface area contributed by atoms with Crippen molar-refractivity contribution in [2.24, 2.45) is 7.05 Å². The highest BCUT2D eigenvalue weighted by atomic mass is 15.3. The molecule has 0 radical (unpaired) electrons. The van der Waals surface area contributed by atoms with E-state index in [1.54, 1.807) is 0 Å². The molecule has 0 spiro atoms. The first-order valence-electron chi connectivity index (χ1n) is 7.61. The lowest BCUT2D eigenvalue weighted by Gasteiger charge is -2.18. The number of aryl methyl sites for hydroxylation is 2. The average molecular weight is 285 g/mol. The van der Waals surface area contributed by atoms with Crippen LogP contribution in [-0.4, -0.2) is 27.9 Å². The van der Waals surface area contributed by atoms with E-state index >= 15 is 0 Å². The highest BCUT2D eigenvalue weighted by molar-refractivity contribution is 5.50. The van der Waals surface area contributed by atoms with E-state index < -0.39 is 0 Å². The second kappa shape index (κ2) is 5.76. The number of nitrogens with one attached hydrogen (secondary N) is 1. The van der Waals surface area contributed by atoms with Gasteiger partial charge in [-0.2, -0.15) is 5.10 Å². The van der Waals surface area contributed by atoms with Gasteiger partial charge >= 0.3 is 0 Å². The largest absolute Gasteiger partial charge is 0.377 e. The fourth-order valence-electron chi connectivity index (χ4n) is 2.98. The fraction of sp³-hybridized carbons (Fsp3) is 0.500. The van der Waals surface area contributed by atoms with Gasteiger partial charge in [-0.1, -0.05) is 0 Å². The van der Waals surface area contributed by atoms with Crippen LogP contribution >= 0.6 is 0 Å². The molecule has 1 aliphatic heterocycles. The molecule has 1 aliphatic rings. The minimum absolute atomic E-state index is 0.220. The van der Waals surface area contributed by atoms with Crippen molar-refractivity contribution in [3.8, 4) is 0 Å². The highest BCUT2D eigenvalue weighted by Gasteiger charge is 2.14. The first-order chi connectivity index (χ1) is 10.1. The molecule has 1 saturated heterocycles. The van der Waals surface area contributed by atoms with Crippen molar-refractivity contribution in [1.82, 2.24) is 14.8 Å². The van der Waals surface area contributed by atoms with Gasteiger partial charge < -0.3 is 10.2 Å². The molecular formula is C16H23N5.